The molecule has 6 heteroatoms. The van der Waals surface area contributed by atoms with Gasteiger partial charge in [0.25, 0.3) is 0 Å². The van der Waals surface area contributed by atoms with E-state index in [0.717, 1.165) is 24.1 Å². The molecule has 2 aromatic rings. The van der Waals surface area contributed by atoms with Gasteiger partial charge in [0.05, 0.1) is 12.5 Å². The first kappa shape index (κ1) is 18.5. The van der Waals surface area contributed by atoms with E-state index in [0.29, 0.717) is 18.8 Å². The van der Waals surface area contributed by atoms with Crippen molar-refractivity contribution in [2.24, 2.45) is 0 Å². The molecule has 146 valence electrons. The fraction of sp³-hybridized carbons (Fsp3) is 0.364. The third-order valence-electron chi connectivity index (χ3n) is 5.84. The highest BCUT2D eigenvalue weighted by molar-refractivity contribution is 6.02. The molecular formula is C22H23FN2O3. The van der Waals surface area contributed by atoms with Gasteiger partial charge in [0.2, 0.25) is 11.8 Å². The minimum absolute atomic E-state index is 0.0368. The summed E-state index contributed by atoms with van der Waals surface area (Å²) in [6, 6.07) is 12.9. The van der Waals surface area contributed by atoms with Gasteiger partial charge in [-0.15, -0.1) is 0 Å². The minimum Gasteiger partial charge on any atom is -0.497 e. The van der Waals surface area contributed by atoms with Crippen molar-refractivity contribution in [3.05, 3.63) is 59.9 Å². The lowest BCUT2D eigenvalue weighted by Gasteiger charge is -2.40. The molecule has 28 heavy (non-hydrogen) atoms. The molecule has 4 rings (SSSR count). The number of benzene rings is 2. The Hall–Kier alpha value is -2.89. The van der Waals surface area contributed by atoms with Crippen LogP contribution in [-0.2, 0) is 15.0 Å². The van der Waals surface area contributed by atoms with E-state index in [1.165, 1.54) is 12.1 Å². The molecule has 1 heterocycles. The predicted octanol–water partition coefficient (Wildman–Crippen LogP) is 3.13. The molecule has 0 aromatic heterocycles. The zero-order chi connectivity index (χ0) is 19.9. The van der Waals surface area contributed by atoms with E-state index in [-0.39, 0.29) is 17.6 Å². The molecule has 1 unspecified atom stereocenters. The third kappa shape index (κ3) is 3.03. The van der Waals surface area contributed by atoms with Gasteiger partial charge >= 0.3 is 0 Å². The Bertz CT molecular complexity index is 908. The summed E-state index contributed by atoms with van der Waals surface area (Å²) in [5.41, 5.74) is 0.983. The van der Waals surface area contributed by atoms with E-state index in [9.17, 15) is 14.0 Å². The second kappa shape index (κ2) is 6.93. The monoisotopic (exact) mass is 382 g/mol. The van der Waals surface area contributed by atoms with Crippen molar-refractivity contribution in [1.29, 1.82) is 0 Å². The number of anilines is 1. The summed E-state index contributed by atoms with van der Waals surface area (Å²) in [5, 5.41) is 0. The van der Waals surface area contributed by atoms with E-state index in [1.54, 1.807) is 36.0 Å². The Kier molecular flexibility index (Phi) is 4.57. The highest BCUT2D eigenvalue weighted by Crippen LogP contribution is 2.50. The lowest BCUT2D eigenvalue weighted by atomic mass is 9.93. The zero-order valence-corrected chi connectivity index (χ0v) is 16.0. The molecule has 0 N–H and O–H groups in total. The average Bonchev–Trinajstić information content (AvgIpc) is 3.52. The number of hydrogen-bond acceptors (Lipinski definition) is 3. The second-order valence-corrected chi connectivity index (χ2v) is 7.45. The molecule has 2 aromatic carbocycles. The van der Waals surface area contributed by atoms with Gasteiger partial charge in [-0.3, -0.25) is 9.59 Å². The van der Waals surface area contributed by atoms with E-state index >= 15 is 0 Å². The maximum Gasteiger partial charge on any atom is 0.249 e. The lowest BCUT2D eigenvalue weighted by molar-refractivity contribution is -0.142. The third-order valence-corrected chi connectivity index (χ3v) is 5.84. The van der Waals surface area contributed by atoms with Crippen LogP contribution in [0.4, 0.5) is 10.1 Å². The van der Waals surface area contributed by atoms with Crippen LogP contribution in [0.3, 0.4) is 0 Å². The Morgan fingerprint density at radius 3 is 2.50 bits per heavy atom. The van der Waals surface area contributed by atoms with Gasteiger partial charge in [-0.2, -0.15) is 0 Å². The molecule has 2 fully saturated rings. The van der Waals surface area contributed by atoms with Gasteiger partial charge < -0.3 is 14.5 Å². The summed E-state index contributed by atoms with van der Waals surface area (Å²) in [6.07, 6.45) is 1.46. The first-order valence-corrected chi connectivity index (χ1v) is 9.49. The average molecular weight is 382 g/mol. The Morgan fingerprint density at radius 1 is 1.14 bits per heavy atom. The van der Waals surface area contributed by atoms with Gasteiger partial charge in [0, 0.05) is 24.8 Å². The van der Waals surface area contributed by atoms with Crippen LogP contribution in [0.15, 0.2) is 48.5 Å². The van der Waals surface area contributed by atoms with E-state index in [2.05, 4.69) is 0 Å². The van der Waals surface area contributed by atoms with Crippen molar-refractivity contribution in [2.45, 2.75) is 31.2 Å². The molecule has 0 bridgehead atoms. The van der Waals surface area contributed by atoms with Crippen molar-refractivity contribution in [3.8, 4) is 5.75 Å². The molecule has 0 radical (unpaired) electrons. The fourth-order valence-corrected chi connectivity index (χ4v) is 3.98. The number of carbonyl (C=O) groups is 2. The van der Waals surface area contributed by atoms with Crippen LogP contribution in [0, 0.1) is 5.82 Å². The SMILES string of the molecule is COc1cccc(N2CCN(C(=O)C3(c4ccc(F)cc4)CC3)C(C)C2=O)c1. The summed E-state index contributed by atoms with van der Waals surface area (Å²) in [7, 11) is 1.59. The number of nitrogens with zero attached hydrogens (tertiary/aromatic N) is 2. The van der Waals surface area contributed by atoms with Crippen molar-refractivity contribution < 1.29 is 18.7 Å². The molecule has 2 amide bonds. The van der Waals surface area contributed by atoms with Crippen LogP contribution >= 0.6 is 0 Å². The van der Waals surface area contributed by atoms with E-state index in [1.807, 2.05) is 24.3 Å². The summed E-state index contributed by atoms with van der Waals surface area (Å²) in [6.45, 7) is 2.67. The topological polar surface area (TPSA) is 49.9 Å². The first-order valence-electron chi connectivity index (χ1n) is 9.49. The van der Waals surface area contributed by atoms with Gasteiger partial charge in [0.15, 0.2) is 0 Å². The summed E-state index contributed by atoms with van der Waals surface area (Å²) < 4.78 is 18.5. The van der Waals surface area contributed by atoms with Crippen molar-refractivity contribution in [3.63, 3.8) is 0 Å². The van der Waals surface area contributed by atoms with Crippen LogP contribution in [0.25, 0.3) is 0 Å². The van der Waals surface area contributed by atoms with Crippen molar-refractivity contribution in [2.75, 3.05) is 25.1 Å². The summed E-state index contributed by atoms with van der Waals surface area (Å²) >= 11 is 0. The minimum atomic E-state index is -0.611. The number of halogens is 1. The molecule has 1 saturated heterocycles. The van der Waals surface area contributed by atoms with Crippen LogP contribution < -0.4 is 9.64 Å². The Labute approximate surface area is 163 Å². The highest BCUT2D eigenvalue weighted by Gasteiger charge is 2.54. The van der Waals surface area contributed by atoms with Gasteiger partial charge in [-0.1, -0.05) is 18.2 Å². The maximum atomic E-state index is 13.3. The number of rotatable bonds is 4. The van der Waals surface area contributed by atoms with E-state index in [4.69, 9.17) is 4.74 Å². The molecule has 1 atom stereocenters. The van der Waals surface area contributed by atoms with Crippen molar-refractivity contribution >= 4 is 17.5 Å². The molecular weight excluding hydrogens is 359 g/mol. The van der Waals surface area contributed by atoms with Gasteiger partial charge in [-0.05, 0) is 49.6 Å². The number of amides is 2. The fourth-order valence-electron chi connectivity index (χ4n) is 3.98. The summed E-state index contributed by atoms with van der Waals surface area (Å²) in [5.74, 6) is 0.222. The molecule has 5 nitrogen and oxygen atoms in total. The number of ether oxygens (including phenoxy) is 1. The standard InChI is InChI=1S/C22H23FN2O3/c1-15-20(26)25(18-4-3-5-19(14-18)28-2)13-12-24(15)21(27)22(10-11-22)16-6-8-17(23)9-7-16/h3-9,14-15H,10-13H2,1-2H3. The molecule has 1 aliphatic heterocycles. The zero-order valence-electron chi connectivity index (χ0n) is 16.0. The highest BCUT2D eigenvalue weighted by atomic mass is 19.1. The number of piperazine rings is 1. The molecule has 2 aliphatic rings. The largest absolute Gasteiger partial charge is 0.497 e. The maximum absolute atomic E-state index is 13.3. The first-order chi connectivity index (χ1) is 13.5. The number of hydrogen-bond donors (Lipinski definition) is 0. The van der Waals surface area contributed by atoms with Crippen LogP contribution in [0.5, 0.6) is 5.75 Å². The van der Waals surface area contributed by atoms with Crippen molar-refractivity contribution in [1.82, 2.24) is 4.90 Å². The quantitative estimate of drug-likeness (QED) is 0.816. The van der Waals surface area contributed by atoms with E-state index < -0.39 is 11.5 Å². The van der Waals surface area contributed by atoms with Gasteiger partial charge in [0.1, 0.15) is 17.6 Å². The second-order valence-electron chi connectivity index (χ2n) is 7.45. The predicted molar refractivity (Wildman–Crippen MR) is 104 cm³/mol. The lowest BCUT2D eigenvalue weighted by Crippen LogP contribution is -2.59. The van der Waals surface area contributed by atoms with Crippen LogP contribution in [0.1, 0.15) is 25.3 Å². The smallest absolute Gasteiger partial charge is 0.249 e. The van der Waals surface area contributed by atoms with Crippen LogP contribution in [-0.4, -0.2) is 43.0 Å². The number of carbonyl (C=O) groups excluding carboxylic acids is 2. The molecule has 1 aliphatic carbocycles. The van der Waals surface area contributed by atoms with Gasteiger partial charge in [-0.25, -0.2) is 4.39 Å². The molecule has 0 spiro atoms. The summed E-state index contributed by atoms with van der Waals surface area (Å²) in [4.78, 5) is 29.7. The normalized spacial score (nSPS) is 20.8. The number of methoxy groups -OCH3 is 1. The molecule has 1 saturated carbocycles. The Morgan fingerprint density at radius 2 is 1.86 bits per heavy atom. The Balaban J connectivity index is 1.54. The van der Waals surface area contributed by atoms with Crippen LogP contribution in [0.2, 0.25) is 0 Å².